The Morgan fingerprint density at radius 3 is 3.11 bits per heavy atom. The van der Waals surface area contributed by atoms with Gasteiger partial charge in [0.1, 0.15) is 23.0 Å². The van der Waals surface area contributed by atoms with Crippen molar-refractivity contribution in [1.82, 2.24) is 20.0 Å². The number of rotatable bonds is 7. The van der Waals surface area contributed by atoms with Crippen LogP contribution < -0.4 is 4.74 Å². The standard InChI is InChI=1S/C21H26N4O2/c1-3-4-8-20-22-12-16(23-20)13-25-10-9-19-18(14-25)21(24-27-19)15-6-5-7-17(11-15)26-2/h5-7,11-12H,3-4,8-10,13-14H2,1-2H3,(H,22,23). The van der Waals surface area contributed by atoms with Crippen molar-refractivity contribution in [1.29, 1.82) is 0 Å². The highest BCUT2D eigenvalue weighted by Gasteiger charge is 2.25. The molecule has 3 heterocycles. The quantitative estimate of drug-likeness (QED) is 0.685. The van der Waals surface area contributed by atoms with Gasteiger partial charge in [-0.25, -0.2) is 4.98 Å². The SMILES string of the molecule is CCCCc1ncc(CN2CCc3onc(-c4cccc(OC)c4)c3C2)[nH]1. The number of hydrogen-bond donors (Lipinski definition) is 1. The first-order valence-electron chi connectivity index (χ1n) is 9.63. The van der Waals surface area contributed by atoms with Crippen molar-refractivity contribution in [3.8, 4) is 17.0 Å². The van der Waals surface area contributed by atoms with Crippen LogP contribution in [0.3, 0.4) is 0 Å². The van der Waals surface area contributed by atoms with Gasteiger partial charge in [-0.15, -0.1) is 0 Å². The van der Waals surface area contributed by atoms with E-state index in [2.05, 4.69) is 33.0 Å². The number of H-pyrrole nitrogens is 1. The van der Waals surface area contributed by atoms with E-state index in [1.165, 1.54) is 24.1 Å². The van der Waals surface area contributed by atoms with Gasteiger partial charge in [-0.1, -0.05) is 30.6 Å². The van der Waals surface area contributed by atoms with Gasteiger partial charge in [0.15, 0.2) is 0 Å². The van der Waals surface area contributed by atoms with E-state index in [1.807, 2.05) is 24.4 Å². The van der Waals surface area contributed by atoms with E-state index in [9.17, 15) is 0 Å². The van der Waals surface area contributed by atoms with Gasteiger partial charge in [0.05, 0.1) is 7.11 Å². The molecule has 0 saturated heterocycles. The molecule has 1 aliphatic heterocycles. The first kappa shape index (κ1) is 17.8. The number of aromatic amines is 1. The van der Waals surface area contributed by atoms with Crippen LogP contribution in [-0.4, -0.2) is 33.7 Å². The summed E-state index contributed by atoms with van der Waals surface area (Å²) in [5.41, 5.74) is 4.30. The van der Waals surface area contributed by atoms with Crippen LogP contribution in [0.5, 0.6) is 5.75 Å². The van der Waals surface area contributed by atoms with E-state index in [0.29, 0.717) is 0 Å². The highest BCUT2D eigenvalue weighted by Crippen LogP contribution is 2.32. The van der Waals surface area contributed by atoms with Crippen molar-refractivity contribution in [2.75, 3.05) is 13.7 Å². The van der Waals surface area contributed by atoms with E-state index in [4.69, 9.17) is 9.26 Å². The number of ether oxygens (including phenoxy) is 1. The van der Waals surface area contributed by atoms with Crippen molar-refractivity contribution in [3.05, 3.63) is 53.3 Å². The molecule has 1 aliphatic rings. The Balaban J connectivity index is 1.49. The molecule has 0 bridgehead atoms. The Bertz CT molecular complexity index is 899. The Kier molecular flexibility index (Phi) is 5.25. The third-order valence-electron chi connectivity index (χ3n) is 5.09. The third kappa shape index (κ3) is 3.90. The molecule has 4 rings (SSSR count). The zero-order valence-corrected chi connectivity index (χ0v) is 16.0. The Morgan fingerprint density at radius 1 is 1.33 bits per heavy atom. The van der Waals surface area contributed by atoms with E-state index in [0.717, 1.165) is 61.1 Å². The lowest BCUT2D eigenvalue weighted by atomic mass is 10.0. The topological polar surface area (TPSA) is 67.2 Å². The highest BCUT2D eigenvalue weighted by atomic mass is 16.5. The van der Waals surface area contributed by atoms with Gasteiger partial charge in [0.25, 0.3) is 0 Å². The number of fused-ring (bicyclic) bond motifs is 1. The summed E-state index contributed by atoms with van der Waals surface area (Å²) in [5, 5.41) is 4.35. The second kappa shape index (κ2) is 7.96. The molecule has 3 aromatic rings. The Hall–Kier alpha value is -2.60. The molecule has 1 aromatic carbocycles. The van der Waals surface area contributed by atoms with Crippen LogP contribution >= 0.6 is 0 Å². The number of aryl methyl sites for hydroxylation is 1. The summed E-state index contributed by atoms with van der Waals surface area (Å²) in [6.45, 7) is 4.85. The number of imidazole rings is 1. The molecule has 0 fully saturated rings. The molecule has 0 radical (unpaired) electrons. The lowest BCUT2D eigenvalue weighted by Gasteiger charge is -2.25. The van der Waals surface area contributed by atoms with Gasteiger partial charge in [-0.3, -0.25) is 4.90 Å². The fourth-order valence-corrected chi connectivity index (χ4v) is 3.60. The molecule has 2 aromatic heterocycles. The normalized spacial score (nSPS) is 14.3. The van der Waals surface area contributed by atoms with Crippen LogP contribution in [-0.2, 0) is 25.9 Å². The maximum atomic E-state index is 5.62. The molecule has 0 aliphatic carbocycles. The van der Waals surface area contributed by atoms with Crippen LogP contribution in [0.2, 0.25) is 0 Å². The van der Waals surface area contributed by atoms with Crippen molar-refractivity contribution in [3.63, 3.8) is 0 Å². The molecule has 6 heteroatoms. The first-order valence-corrected chi connectivity index (χ1v) is 9.63. The molecule has 0 spiro atoms. The third-order valence-corrected chi connectivity index (χ3v) is 5.09. The van der Waals surface area contributed by atoms with Gasteiger partial charge in [-0.05, 0) is 18.6 Å². The minimum absolute atomic E-state index is 0.828. The predicted molar refractivity (Wildman–Crippen MR) is 104 cm³/mol. The molecule has 142 valence electrons. The molecule has 0 saturated carbocycles. The molecule has 6 nitrogen and oxygen atoms in total. The van der Waals surface area contributed by atoms with Gasteiger partial charge in [-0.2, -0.15) is 0 Å². The molecule has 1 N–H and O–H groups in total. The summed E-state index contributed by atoms with van der Waals surface area (Å²) in [5.74, 6) is 2.91. The summed E-state index contributed by atoms with van der Waals surface area (Å²) >= 11 is 0. The molecular formula is C21H26N4O2. The molecule has 27 heavy (non-hydrogen) atoms. The summed E-state index contributed by atoms with van der Waals surface area (Å²) < 4.78 is 11.0. The van der Waals surface area contributed by atoms with Gasteiger partial charge < -0.3 is 14.2 Å². The summed E-state index contributed by atoms with van der Waals surface area (Å²) in [4.78, 5) is 10.4. The van der Waals surface area contributed by atoms with Crippen molar-refractivity contribution in [2.45, 2.75) is 45.7 Å². The number of nitrogens with zero attached hydrogens (tertiary/aromatic N) is 3. The maximum Gasteiger partial charge on any atom is 0.143 e. The van der Waals surface area contributed by atoms with E-state index in [-0.39, 0.29) is 0 Å². The van der Waals surface area contributed by atoms with Crippen LogP contribution in [0.4, 0.5) is 0 Å². The number of aromatic nitrogens is 3. The van der Waals surface area contributed by atoms with Crippen molar-refractivity contribution in [2.24, 2.45) is 0 Å². The largest absolute Gasteiger partial charge is 0.497 e. The van der Waals surface area contributed by atoms with Crippen LogP contribution in [0, 0.1) is 0 Å². The highest BCUT2D eigenvalue weighted by molar-refractivity contribution is 5.65. The average Bonchev–Trinajstić information content (AvgIpc) is 3.33. The zero-order valence-electron chi connectivity index (χ0n) is 16.0. The molecular weight excluding hydrogens is 340 g/mol. The smallest absolute Gasteiger partial charge is 0.143 e. The zero-order chi connectivity index (χ0) is 18.6. The molecule has 0 unspecified atom stereocenters. The lowest BCUT2D eigenvalue weighted by molar-refractivity contribution is 0.226. The Morgan fingerprint density at radius 2 is 2.26 bits per heavy atom. The second-order valence-corrected chi connectivity index (χ2v) is 7.08. The average molecular weight is 366 g/mol. The van der Waals surface area contributed by atoms with Gasteiger partial charge in [0, 0.05) is 55.5 Å². The fraction of sp³-hybridized carbons (Fsp3) is 0.429. The molecule has 0 amide bonds. The van der Waals surface area contributed by atoms with E-state index >= 15 is 0 Å². The molecule has 0 atom stereocenters. The van der Waals surface area contributed by atoms with Crippen molar-refractivity contribution >= 4 is 0 Å². The Labute approximate surface area is 159 Å². The second-order valence-electron chi connectivity index (χ2n) is 7.08. The number of benzene rings is 1. The van der Waals surface area contributed by atoms with E-state index < -0.39 is 0 Å². The van der Waals surface area contributed by atoms with Gasteiger partial charge in [0.2, 0.25) is 0 Å². The minimum atomic E-state index is 0.828. The van der Waals surface area contributed by atoms with Crippen LogP contribution in [0.15, 0.2) is 35.0 Å². The summed E-state index contributed by atoms with van der Waals surface area (Å²) in [6.07, 6.45) is 6.22. The predicted octanol–water partition coefficient (Wildman–Crippen LogP) is 3.97. The monoisotopic (exact) mass is 366 g/mol. The number of nitrogens with one attached hydrogen (secondary N) is 1. The van der Waals surface area contributed by atoms with Crippen LogP contribution in [0.1, 0.15) is 42.6 Å². The number of hydrogen-bond acceptors (Lipinski definition) is 5. The maximum absolute atomic E-state index is 5.62. The summed E-state index contributed by atoms with van der Waals surface area (Å²) in [7, 11) is 1.68. The van der Waals surface area contributed by atoms with Gasteiger partial charge >= 0.3 is 0 Å². The minimum Gasteiger partial charge on any atom is -0.497 e. The summed E-state index contributed by atoms with van der Waals surface area (Å²) in [6, 6.07) is 7.98. The van der Waals surface area contributed by atoms with Crippen LogP contribution in [0.25, 0.3) is 11.3 Å². The fourth-order valence-electron chi connectivity index (χ4n) is 3.60. The van der Waals surface area contributed by atoms with E-state index in [1.54, 1.807) is 7.11 Å². The number of unbranched alkanes of at least 4 members (excludes halogenated alkanes) is 1. The first-order chi connectivity index (χ1) is 13.3. The lowest BCUT2D eigenvalue weighted by Crippen LogP contribution is -2.29. The van der Waals surface area contributed by atoms with Crippen molar-refractivity contribution < 1.29 is 9.26 Å². The number of methoxy groups -OCH3 is 1.